The number of ketones is 1. The van der Waals surface area contributed by atoms with Crippen molar-refractivity contribution in [2.24, 2.45) is 5.92 Å². The minimum absolute atomic E-state index is 0.0169. The molecule has 0 atom stereocenters. The van der Waals surface area contributed by atoms with Gasteiger partial charge >= 0.3 is 0 Å². The number of benzene rings is 1. The predicted octanol–water partition coefficient (Wildman–Crippen LogP) is 2.80. The summed E-state index contributed by atoms with van der Waals surface area (Å²) < 4.78 is 34.1. The van der Waals surface area contributed by atoms with Crippen LogP contribution in [0.2, 0.25) is 0 Å². The molecule has 0 radical (unpaired) electrons. The van der Waals surface area contributed by atoms with E-state index >= 15 is 0 Å². The fourth-order valence-corrected chi connectivity index (χ4v) is 2.81. The molecule has 0 amide bonds. The van der Waals surface area contributed by atoms with E-state index in [4.69, 9.17) is 8.92 Å². The topological polar surface area (TPSA) is 69.7 Å². The lowest BCUT2D eigenvalue weighted by Gasteiger charge is -2.11. The van der Waals surface area contributed by atoms with Crippen LogP contribution < -0.4 is 4.74 Å². The Kier molecular flexibility index (Phi) is 6.84. The van der Waals surface area contributed by atoms with Gasteiger partial charge in [-0.25, -0.2) is 0 Å². The maximum absolute atomic E-state index is 12.0. The van der Waals surface area contributed by atoms with Gasteiger partial charge in [-0.1, -0.05) is 13.8 Å². The molecule has 0 heterocycles. The number of carbonyl (C=O) groups excluding carboxylic acids is 1. The second-order valence-corrected chi connectivity index (χ2v) is 6.22. The van der Waals surface area contributed by atoms with Crippen molar-refractivity contribution in [2.75, 3.05) is 13.2 Å². The van der Waals surface area contributed by atoms with Crippen LogP contribution in [0.25, 0.3) is 0 Å². The smallest absolute Gasteiger partial charge is 0.297 e. The van der Waals surface area contributed by atoms with E-state index in [-0.39, 0.29) is 16.6 Å². The molecule has 1 aromatic carbocycles. The Morgan fingerprint density at radius 2 is 1.67 bits per heavy atom. The number of rotatable bonds is 9. The molecule has 0 N–H and O–H groups in total. The van der Waals surface area contributed by atoms with Crippen LogP contribution in [0, 0.1) is 5.92 Å². The van der Waals surface area contributed by atoms with Crippen LogP contribution in [0.15, 0.2) is 29.2 Å². The second kappa shape index (κ2) is 8.14. The van der Waals surface area contributed by atoms with Gasteiger partial charge in [0, 0.05) is 5.92 Å². The van der Waals surface area contributed by atoms with Gasteiger partial charge in [0.2, 0.25) is 0 Å². The first-order valence-corrected chi connectivity index (χ1v) is 8.50. The van der Waals surface area contributed by atoms with Crippen molar-refractivity contribution >= 4 is 15.9 Å². The van der Waals surface area contributed by atoms with Crippen LogP contribution in [0.1, 0.15) is 33.6 Å². The van der Waals surface area contributed by atoms with E-state index < -0.39 is 16.7 Å². The number of ether oxygens (including phenoxy) is 1. The zero-order chi connectivity index (χ0) is 15.9. The molecule has 0 saturated carbocycles. The molecular formula is C15H22O5S. The number of hydrogen-bond donors (Lipinski definition) is 0. The summed E-state index contributed by atoms with van der Waals surface area (Å²) in [4.78, 5) is 11.8. The van der Waals surface area contributed by atoms with Crippen molar-refractivity contribution in [3.8, 4) is 5.75 Å². The van der Waals surface area contributed by atoms with E-state index in [2.05, 4.69) is 0 Å². The van der Waals surface area contributed by atoms with Gasteiger partial charge < -0.3 is 4.74 Å². The predicted molar refractivity (Wildman–Crippen MR) is 79.8 cm³/mol. The molecule has 21 heavy (non-hydrogen) atoms. The van der Waals surface area contributed by atoms with E-state index in [0.29, 0.717) is 25.2 Å². The zero-order valence-corrected chi connectivity index (χ0v) is 13.5. The summed E-state index contributed by atoms with van der Waals surface area (Å²) in [5.41, 5.74) is 0. The lowest BCUT2D eigenvalue weighted by molar-refractivity contribution is -0.125. The highest BCUT2D eigenvalue weighted by Crippen LogP contribution is 2.18. The zero-order valence-electron chi connectivity index (χ0n) is 12.7. The molecule has 0 fully saturated rings. The maximum atomic E-state index is 12.0. The minimum atomic E-state index is -3.91. The molecule has 0 saturated heterocycles. The van der Waals surface area contributed by atoms with Gasteiger partial charge in [-0.2, -0.15) is 8.42 Å². The van der Waals surface area contributed by atoms with Crippen LogP contribution in [-0.2, 0) is 19.1 Å². The Balaban J connectivity index is 2.71. The quantitative estimate of drug-likeness (QED) is 0.656. The van der Waals surface area contributed by atoms with Gasteiger partial charge in [0.1, 0.15) is 12.4 Å². The van der Waals surface area contributed by atoms with Crippen LogP contribution >= 0.6 is 0 Å². The van der Waals surface area contributed by atoms with Gasteiger partial charge in [-0.3, -0.25) is 8.98 Å². The van der Waals surface area contributed by atoms with Crippen molar-refractivity contribution < 1.29 is 22.1 Å². The van der Waals surface area contributed by atoms with Crippen molar-refractivity contribution in [1.82, 2.24) is 0 Å². The minimum Gasteiger partial charge on any atom is -0.494 e. The van der Waals surface area contributed by atoms with Gasteiger partial charge in [-0.05, 0) is 44.0 Å². The summed E-state index contributed by atoms with van der Waals surface area (Å²) in [6.07, 6.45) is 1.36. The Bertz CT molecular complexity index is 544. The van der Waals surface area contributed by atoms with Crippen LogP contribution in [0.3, 0.4) is 0 Å². The van der Waals surface area contributed by atoms with E-state index in [1.54, 1.807) is 12.1 Å². The number of Topliss-reactive ketones (excluding diaryl/α,β-unsaturated/α-hetero) is 1. The number of hydrogen-bond acceptors (Lipinski definition) is 5. The normalized spacial score (nSPS) is 11.6. The summed E-state index contributed by atoms with van der Waals surface area (Å²) in [6.45, 7) is 5.73. The van der Waals surface area contributed by atoms with Gasteiger partial charge in [0.25, 0.3) is 10.1 Å². The fourth-order valence-electron chi connectivity index (χ4n) is 1.93. The molecule has 0 spiro atoms. The molecule has 0 aliphatic carbocycles. The summed E-state index contributed by atoms with van der Waals surface area (Å²) >= 11 is 0. The molecular weight excluding hydrogens is 292 g/mol. The highest BCUT2D eigenvalue weighted by atomic mass is 32.2. The first-order valence-electron chi connectivity index (χ1n) is 7.09. The summed E-state index contributed by atoms with van der Waals surface area (Å²) in [5.74, 6) is 0.250. The van der Waals surface area contributed by atoms with Crippen molar-refractivity contribution in [1.29, 1.82) is 0 Å². The van der Waals surface area contributed by atoms with Gasteiger partial charge in [0.05, 0.1) is 11.5 Å². The molecule has 1 rings (SSSR count). The average Bonchev–Trinajstić information content (AvgIpc) is 2.47. The third kappa shape index (κ3) is 5.13. The summed E-state index contributed by atoms with van der Waals surface area (Å²) in [5, 5.41) is 0. The lowest BCUT2D eigenvalue weighted by Crippen LogP contribution is -2.21. The third-order valence-electron chi connectivity index (χ3n) is 3.22. The summed E-state index contributed by atoms with van der Waals surface area (Å²) in [7, 11) is -3.91. The van der Waals surface area contributed by atoms with E-state index in [1.165, 1.54) is 12.1 Å². The van der Waals surface area contributed by atoms with E-state index in [9.17, 15) is 13.2 Å². The highest BCUT2D eigenvalue weighted by Gasteiger charge is 2.20. The van der Waals surface area contributed by atoms with E-state index in [1.807, 2.05) is 20.8 Å². The molecule has 118 valence electrons. The molecule has 0 aliphatic rings. The molecule has 0 bridgehead atoms. The molecule has 0 aromatic heterocycles. The first kappa shape index (κ1) is 17.7. The summed E-state index contributed by atoms with van der Waals surface area (Å²) in [6, 6.07) is 5.93. The molecule has 1 aromatic rings. The third-order valence-corrected chi connectivity index (χ3v) is 4.50. The van der Waals surface area contributed by atoms with Gasteiger partial charge in [-0.15, -0.1) is 0 Å². The van der Waals surface area contributed by atoms with Crippen LogP contribution in [0.5, 0.6) is 5.75 Å². The van der Waals surface area contributed by atoms with Gasteiger partial charge in [0.15, 0.2) is 5.78 Å². The lowest BCUT2D eigenvalue weighted by atomic mass is 9.99. The monoisotopic (exact) mass is 314 g/mol. The SMILES string of the molecule is CCOc1ccc(S(=O)(=O)OCC(=O)C(CC)CC)cc1. The molecule has 0 aliphatic heterocycles. The molecule has 0 unspecified atom stereocenters. The fraction of sp³-hybridized carbons (Fsp3) is 0.533. The number of carbonyl (C=O) groups is 1. The Morgan fingerprint density at radius 1 is 1.10 bits per heavy atom. The molecule has 6 heteroatoms. The highest BCUT2D eigenvalue weighted by molar-refractivity contribution is 7.86. The second-order valence-electron chi connectivity index (χ2n) is 4.60. The Morgan fingerprint density at radius 3 is 2.14 bits per heavy atom. The van der Waals surface area contributed by atoms with Crippen molar-refractivity contribution in [2.45, 2.75) is 38.5 Å². The van der Waals surface area contributed by atoms with Crippen LogP contribution in [0.4, 0.5) is 0 Å². The Hall–Kier alpha value is -1.40. The van der Waals surface area contributed by atoms with Crippen molar-refractivity contribution in [3.05, 3.63) is 24.3 Å². The standard InChI is InChI=1S/C15H22O5S/c1-4-12(5-2)15(16)11-20-21(17,18)14-9-7-13(8-10-14)19-6-3/h7-10,12H,4-6,11H2,1-3H3. The largest absolute Gasteiger partial charge is 0.494 e. The van der Waals surface area contributed by atoms with E-state index in [0.717, 1.165) is 0 Å². The maximum Gasteiger partial charge on any atom is 0.297 e. The average molecular weight is 314 g/mol. The first-order chi connectivity index (χ1) is 9.94. The van der Waals surface area contributed by atoms with Crippen molar-refractivity contribution in [3.63, 3.8) is 0 Å². The Labute approximate surface area is 126 Å². The molecule has 5 nitrogen and oxygen atoms in total. The van der Waals surface area contributed by atoms with Crippen LogP contribution in [-0.4, -0.2) is 27.4 Å².